The molecular formula is C12H13FN4O3. The molecule has 0 amide bonds. The van der Waals surface area contributed by atoms with Crippen LogP contribution in [0.2, 0.25) is 0 Å². The van der Waals surface area contributed by atoms with Crippen LogP contribution < -0.4 is 10.5 Å². The lowest BCUT2D eigenvalue weighted by atomic mass is 10.2. The maximum absolute atomic E-state index is 13.3. The van der Waals surface area contributed by atoms with E-state index in [-0.39, 0.29) is 24.5 Å². The van der Waals surface area contributed by atoms with Crippen LogP contribution in [0.3, 0.4) is 0 Å². The zero-order valence-electron chi connectivity index (χ0n) is 10.7. The molecule has 0 aliphatic rings. The average molecular weight is 280 g/mol. The Morgan fingerprint density at radius 3 is 2.90 bits per heavy atom. The second-order valence-corrected chi connectivity index (χ2v) is 4.01. The van der Waals surface area contributed by atoms with Gasteiger partial charge in [0.15, 0.2) is 5.69 Å². The van der Waals surface area contributed by atoms with Crippen molar-refractivity contribution in [3.8, 4) is 5.75 Å². The van der Waals surface area contributed by atoms with E-state index in [2.05, 4.69) is 10.3 Å². The fourth-order valence-corrected chi connectivity index (χ4v) is 1.86. The summed E-state index contributed by atoms with van der Waals surface area (Å²) in [5.74, 6) is -1.15. The molecular weight excluding hydrogens is 267 g/mol. The molecule has 2 rings (SSSR count). The van der Waals surface area contributed by atoms with Crippen LogP contribution in [0.25, 0.3) is 0 Å². The van der Waals surface area contributed by atoms with Gasteiger partial charge >= 0.3 is 5.97 Å². The van der Waals surface area contributed by atoms with E-state index in [0.29, 0.717) is 11.3 Å². The number of carboxylic acid groups (broad SMARTS) is 1. The summed E-state index contributed by atoms with van der Waals surface area (Å²) in [6.45, 7) is 0.0833. The van der Waals surface area contributed by atoms with E-state index in [1.807, 2.05) is 0 Å². The summed E-state index contributed by atoms with van der Waals surface area (Å²) in [6.07, 6.45) is 0. The Balaban J connectivity index is 2.40. The lowest BCUT2D eigenvalue weighted by Crippen LogP contribution is -2.13. The van der Waals surface area contributed by atoms with Crippen molar-refractivity contribution in [3.63, 3.8) is 0 Å². The summed E-state index contributed by atoms with van der Waals surface area (Å²) in [4.78, 5) is 11.0. The van der Waals surface area contributed by atoms with Gasteiger partial charge in [0.1, 0.15) is 11.6 Å². The van der Waals surface area contributed by atoms with Crippen molar-refractivity contribution in [1.29, 1.82) is 0 Å². The highest BCUT2D eigenvalue weighted by molar-refractivity contribution is 5.86. The first kappa shape index (κ1) is 13.9. The van der Waals surface area contributed by atoms with Crippen molar-refractivity contribution < 1.29 is 19.0 Å². The molecule has 7 nitrogen and oxygen atoms in total. The maximum atomic E-state index is 13.3. The molecule has 0 radical (unpaired) electrons. The molecule has 8 heteroatoms. The molecule has 0 aliphatic carbocycles. The lowest BCUT2D eigenvalue weighted by molar-refractivity contribution is 0.0689. The lowest BCUT2D eigenvalue weighted by Gasteiger charge is -2.10. The third-order valence-electron chi connectivity index (χ3n) is 2.80. The second kappa shape index (κ2) is 5.66. The molecule has 0 saturated heterocycles. The maximum Gasteiger partial charge on any atom is 0.358 e. The number of ether oxygens (including phenoxy) is 1. The molecule has 0 spiro atoms. The Hall–Kier alpha value is -2.48. The molecule has 106 valence electrons. The molecule has 3 N–H and O–H groups in total. The van der Waals surface area contributed by atoms with E-state index < -0.39 is 11.8 Å². The van der Waals surface area contributed by atoms with Gasteiger partial charge in [-0.2, -0.15) is 0 Å². The van der Waals surface area contributed by atoms with Crippen LogP contribution >= 0.6 is 0 Å². The molecule has 0 aliphatic heterocycles. The zero-order chi connectivity index (χ0) is 14.7. The number of nitrogens with two attached hydrogens (primary N) is 1. The summed E-state index contributed by atoms with van der Waals surface area (Å²) in [5, 5.41) is 16.3. The number of carbonyl (C=O) groups is 1. The Morgan fingerprint density at radius 1 is 1.55 bits per heavy atom. The molecule has 1 aromatic carbocycles. The van der Waals surface area contributed by atoms with Crippen molar-refractivity contribution in [2.75, 3.05) is 7.11 Å². The highest BCUT2D eigenvalue weighted by Crippen LogP contribution is 2.21. The molecule has 0 atom stereocenters. The highest BCUT2D eigenvalue weighted by Gasteiger charge is 2.18. The fraction of sp³-hybridized carbons (Fsp3) is 0.250. The van der Waals surface area contributed by atoms with E-state index in [4.69, 9.17) is 15.6 Å². The monoisotopic (exact) mass is 280 g/mol. The van der Waals surface area contributed by atoms with Crippen LogP contribution in [0.15, 0.2) is 18.2 Å². The van der Waals surface area contributed by atoms with E-state index in [0.717, 1.165) is 0 Å². The molecule has 20 heavy (non-hydrogen) atoms. The summed E-state index contributed by atoms with van der Waals surface area (Å²) in [5.41, 5.74) is 6.10. The van der Waals surface area contributed by atoms with E-state index in [1.54, 1.807) is 0 Å². The molecule has 0 bridgehead atoms. The number of benzene rings is 1. The van der Waals surface area contributed by atoms with Gasteiger partial charge in [0.2, 0.25) is 0 Å². The Morgan fingerprint density at radius 2 is 2.30 bits per heavy atom. The van der Waals surface area contributed by atoms with E-state index in [9.17, 15) is 9.18 Å². The quantitative estimate of drug-likeness (QED) is 0.832. The van der Waals surface area contributed by atoms with E-state index in [1.165, 1.54) is 30.0 Å². The number of methoxy groups -OCH3 is 1. The number of carboxylic acids is 1. The standard InChI is InChI=1S/C12H13FN4O3/c1-20-10-3-2-8(13)4-7(10)6-17-9(5-14)11(12(18)19)15-16-17/h2-4H,5-6,14H2,1H3,(H,18,19). The predicted molar refractivity (Wildman–Crippen MR) is 66.9 cm³/mol. The van der Waals surface area contributed by atoms with Crippen molar-refractivity contribution in [2.24, 2.45) is 5.73 Å². The minimum absolute atomic E-state index is 0.0355. The molecule has 1 heterocycles. The van der Waals surface area contributed by atoms with Crippen molar-refractivity contribution in [2.45, 2.75) is 13.1 Å². The van der Waals surface area contributed by atoms with Gasteiger partial charge in [0, 0.05) is 12.1 Å². The summed E-state index contributed by atoms with van der Waals surface area (Å²) in [7, 11) is 1.46. The van der Waals surface area contributed by atoms with Crippen LogP contribution in [0.1, 0.15) is 21.7 Å². The van der Waals surface area contributed by atoms with Crippen molar-refractivity contribution in [1.82, 2.24) is 15.0 Å². The number of aromatic carboxylic acids is 1. The normalized spacial score (nSPS) is 10.6. The van der Waals surface area contributed by atoms with Gasteiger partial charge in [0.25, 0.3) is 0 Å². The number of aromatic nitrogens is 3. The summed E-state index contributed by atoms with van der Waals surface area (Å²) >= 11 is 0. The molecule has 1 aromatic heterocycles. The van der Waals surface area contributed by atoms with Crippen molar-refractivity contribution >= 4 is 5.97 Å². The minimum Gasteiger partial charge on any atom is -0.496 e. The first-order chi connectivity index (χ1) is 9.56. The van der Waals surface area contributed by atoms with Gasteiger partial charge in [0.05, 0.1) is 19.3 Å². The Kier molecular flexibility index (Phi) is 3.94. The van der Waals surface area contributed by atoms with E-state index >= 15 is 0 Å². The van der Waals surface area contributed by atoms with Crippen LogP contribution in [-0.4, -0.2) is 33.2 Å². The highest BCUT2D eigenvalue weighted by atomic mass is 19.1. The third-order valence-corrected chi connectivity index (χ3v) is 2.80. The molecule has 0 unspecified atom stereocenters. The summed E-state index contributed by atoms with van der Waals surface area (Å²) in [6, 6.07) is 4.05. The minimum atomic E-state index is -1.21. The van der Waals surface area contributed by atoms with Gasteiger partial charge in [-0.15, -0.1) is 5.10 Å². The van der Waals surface area contributed by atoms with Gasteiger partial charge in [-0.25, -0.2) is 13.9 Å². The number of halogens is 1. The SMILES string of the molecule is COc1ccc(F)cc1Cn1nnc(C(=O)O)c1CN. The van der Waals surface area contributed by atoms with Crippen LogP contribution in [0, 0.1) is 5.82 Å². The van der Waals surface area contributed by atoms with Gasteiger partial charge in [-0.1, -0.05) is 5.21 Å². The number of nitrogens with zero attached hydrogens (tertiary/aromatic N) is 3. The molecule has 0 saturated carbocycles. The van der Waals surface area contributed by atoms with Crippen molar-refractivity contribution in [3.05, 3.63) is 41.0 Å². The van der Waals surface area contributed by atoms with Gasteiger partial charge in [-0.05, 0) is 18.2 Å². The topological polar surface area (TPSA) is 103 Å². The number of hydrogen-bond acceptors (Lipinski definition) is 5. The smallest absolute Gasteiger partial charge is 0.358 e. The zero-order valence-corrected chi connectivity index (χ0v) is 10.7. The van der Waals surface area contributed by atoms with Gasteiger partial charge in [-0.3, -0.25) is 0 Å². The Bertz CT molecular complexity index is 642. The Labute approximate surface area is 113 Å². The van der Waals surface area contributed by atoms with Crippen LogP contribution in [0.4, 0.5) is 4.39 Å². The van der Waals surface area contributed by atoms with Crippen LogP contribution in [0.5, 0.6) is 5.75 Å². The molecule has 0 fully saturated rings. The largest absolute Gasteiger partial charge is 0.496 e. The molecule has 2 aromatic rings. The summed E-state index contributed by atoms with van der Waals surface area (Å²) < 4.78 is 19.7. The fourth-order valence-electron chi connectivity index (χ4n) is 1.86. The second-order valence-electron chi connectivity index (χ2n) is 4.01. The first-order valence-corrected chi connectivity index (χ1v) is 5.75. The average Bonchev–Trinajstić information content (AvgIpc) is 2.82. The number of rotatable bonds is 5. The first-order valence-electron chi connectivity index (χ1n) is 5.75. The number of hydrogen-bond donors (Lipinski definition) is 2. The predicted octanol–water partition coefficient (Wildman–Crippen LogP) is 0.631. The van der Waals surface area contributed by atoms with Gasteiger partial charge < -0.3 is 15.6 Å². The third kappa shape index (κ3) is 2.59. The van der Waals surface area contributed by atoms with Crippen LogP contribution in [-0.2, 0) is 13.1 Å².